The summed E-state index contributed by atoms with van der Waals surface area (Å²) < 4.78 is 11.2. The zero-order valence-electron chi connectivity index (χ0n) is 18.9. The third-order valence-electron chi connectivity index (χ3n) is 5.78. The highest BCUT2D eigenvalue weighted by molar-refractivity contribution is 5.77. The Labute approximate surface area is 188 Å². The number of fused-ring (bicyclic) bond motifs is 3. The second-order valence-corrected chi connectivity index (χ2v) is 9.36. The molecular weight excluding hydrogens is 404 g/mol. The average Bonchev–Trinajstić information content (AvgIpc) is 3.25. The van der Waals surface area contributed by atoms with E-state index in [4.69, 9.17) is 14.5 Å². The Morgan fingerprint density at radius 3 is 2.81 bits per heavy atom. The molecule has 1 atom stereocenters. The number of methoxy groups -OCH3 is 1. The molecule has 0 aliphatic carbocycles. The summed E-state index contributed by atoms with van der Waals surface area (Å²) in [6, 6.07) is 8.60. The van der Waals surface area contributed by atoms with Crippen LogP contribution in [0.2, 0.25) is 0 Å². The number of ether oxygens (including phenoxy) is 2. The lowest BCUT2D eigenvalue weighted by Crippen LogP contribution is -2.45. The highest BCUT2D eigenvalue weighted by atomic mass is 16.5. The van der Waals surface area contributed by atoms with Gasteiger partial charge in [-0.2, -0.15) is 10.1 Å². The number of benzene rings is 1. The number of hydrogen-bond acceptors (Lipinski definition) is 8. The fraction of sp³-hybridized carbons (Fsp3) is 0.417. The fourth-order valence-corrected chi connectivity index (χ4v) is 4.38. The van der Waals surface area contributed by atoms with Crippen molar-refractivity contribution in [3.8, 4) is 34.0 Å². The molecule has 0 amide bonds. The van der Waals surface area contributed by atoms with Gasteiger partial charge in [-0.1, -0.05) is 12.1 Å². The molecule has 1 aromatic carbocycles. The molecular formula is C24H28N6O2. The maximum absolute atomic E-state index is 6.05. The minimum absolute atomic E-state index is 0.0977. The summed E-state index contributed by atoms with van der Waals surface area (Å²) in [4.78, 5) is 11.7. The van der Waals surface area contributed by atoms with Gasteiger partial charge in [0.2, 0.25) is 17.7 Å². The third kappa shape index (κ3) is 4.10. The fourth-order valence-electron chi connectivity index (χ4n) is 4.38. The summed E-state index contributed by atoms with van der Waals surface area (Å²) >= 11 is 0. The predicted molar refractivity (Wildman–Crippen MR) is 123 cm³/mol. The maximum Gasteiger partial charge on any atom is 0.233 e. The van der Waals surface area contributed by atoms with Crippen molar-refractivity contribution in [1.29, 1.82) is 0 Å². The zero-order valence-corrected chi connectivity index (χ0v) is 18.9. The van der Waals surface area contributed by atoms with E-state index in [1.165, 1.54) is 0 Å². The van der Waals surface area contributed by atoms with Crippen molar-refractivity contribution in [3.63, 3.8) is 0 Å². The summed E-state index contributed by atoms with van der Waals surface area (Å²) in [7, 11) is 1.59. The highest BCUT2D eigenvalue weighted by Gasteiger charge is 2.29. The lowest BCUT2D eigenvalue weighted by atomic mass is 9.96. The van der Waals surface area contributed by atoms with Crippen LogP contribution in [0.4, 0.5) is 5.95 Å². The van der Waals surface area contributed by atoms with Crippen molar-refractivity contribution in [2.24, 2.45) is 0 Å². The molecule has 2 aliphatic rings. The van der Waals surface area contributed by atoms with Crippen LogP contribution in [0.15, 0.2) is 36.7 Å². The highest BCUT2D eigenvalue weighted by Crippen LogP contribution is 2.38. The van der Waals surface area contributed by atoms with Crippen LogP contribution in [0.3, 0.4) is 0 Å². The second kappa shape index (κ2) is 8.02. The van der Waals surface area contributed by atoms with Crippen LogP contribution in [-0.4, -0.2) is 51.9 Å². The van der Waals surface area contributed by atoms with Crippen molar-refractivity contribution >= 4 is 5.95 Å². The number of anilines is 1. The van der Waals surface area contributed by atoms with E-state index in [0.29, 0.717) is 24.4 Å². The van der Waals surface area contributed by atoms with Crippen molar-refractivity contribution < 1.29 is 9.47 Å². The first-order chi connectivity index (χ1) is 15.4. The SMILES string of the molecule is COc1cc(-c2ccc3c(c2)COc2nc(N4CC[C@@H](NC(C)(C)C)C4)ncc2-3)cnn1. The van der Waals surface area contributed by atoms with E-state index in [-0.39, 0.29) is 5.54 Å². The molecule has 1 saturated heterocycles. The van der Waals surface area contributed by atoms with E-state index >= 15 is 0 Å². The predicted octanol–water partition coefficient (Wildman–Crippen LogP) is 3.47. The van der Waals surface area contributed by atoms with Crippen LogP contribution >= 0.6 is 0 Å². The molecule has 1 N–H and O–H groups in total. The Bertz CT molecular complexity index is 1140. The molecule has 1 fully saturated rings. The molecule has 0 saturated carbocycles. The smallest absolute Gasteiger partial charge is 0.233 e. The summed E-state index contributed by atoms with van der Waals surface area (Å²) in [5, 5.41) is 11.6. The molecule has 4 heterocycles. The quantitative estimate of drug-likeness (QED) is 0.671. The van der Waals surface area contributed by atoms with Gasteiger partial charge in [-0.25, -0.2) is 4.98 Å². The number of aromatic nitrogens is 4. The Balaban J connectivity index is 1.38. The molecule has 8 nitrogen and oxygen atoms in total. The standard InChI is InChI=1S/C24H28N6O2/c1-24(2,3)28-18-7-8-30(13-18)23-25-12-20-19-6-5-15(9-17(19)14-32-22(20)27-23)16-10-21(31-4)29-26-11-16/h5-6,9-12,18,28H,7-8,13-14H2,1-4H3/t18-/m1/s1. The van der Waals surface area contributed by atoms with Crippen LogP contribution in [0.1, 0.15) is 32.8 Å². The zero-order chi connectivity index (χ0) is 22.3. The van der Waals surface area contributed by atoms with Gasteiger partial charge < -0.3 is 19.7 Å². The van der Waals surface area contributed by atoms with E-state index in [1.807, 2.05) is 12.3 Å². The van der Waals surface area contributed by atoms with Crippen LogP contribution < -0.4 is 19.7 Å². The van der Waals surface area contributed by atoms with Crippen molar-refractivity contribution in [1.82, 2.24) is 25.5 Å². The molecule has 3 aromatic rings. The average molecular weight is 433 g/mol. The largest absolute Gasteiger partial charge is 0.480 e. The Kier molecular flexibility index (Phi) is 5.17. The van der Waals surface area contributed by atoms with E-state index < -0.39 is 0 Å². The lowest BCUT2D eigenvalue weighted by molar-refractivity contribution is 0.289. The molecule has 0 bridgehead atoms. The monoisotopic (exact) mass is 432 g/mol. The van der Waals surface area contributed by atoms with Crippen LogP contribution in [-0.2, 0) is 6.61 Å². The van der Waals surface area contributed by atoms with E-state index in [9.17, 15) is 0 Å². The molecule has 166 valence electrons. The van der Waals surface area contributed by atoms with Gasteiger partial charge in [0.05, 0.1) is 18.9 Å². The first kappa shape index (κ1) is 20.6. The minimum Gasteiger partial charge on any atom is -0.480 e. The van der Waals surface area contributed by atoms with Crippen molar-refractivity contribution in [3.05, 3.63) is 42.2 Å². The summed E-state index contributed by atoms with van der Waals surface area (Å²) in [6.45, 7) is 8.90. The van der Waals surface area contributed by atoms with Gasteiger partial charge in [0.25, 0.3) is 0 Å². The Morgan fingerprint density at radius 1 is 1.12 bits per heavy atom. The van der Waals surface area contributed by atoms with Crippen molar-refractivity contribution in [2.75, 3.05) is 25.1 Å². The van der Waals surface area contributed by atoms with Gasteiger partial charge in [0.15, 0.2) is 0 Å². The van der Waals surface area contributed by atoms with Gasteiger partial charge in [-0.3, -0.25) is 0 Å². The number of nitrogens with one attached hydrogen (secondary N) is 1. The van der Waals surface area contributed by atoms with Crippen molar-refractivity contribution in [2.45, 2.75) is 45.4 Å². The van der Waals surface area contributed by atoms with Gasteiger partial charge in [0.1, 0.15) is 6.61 Å². The summed E-state index contributed by atoms with van der Waals surface area (Å²) in [5.74, 6) is 1.87. The van der Waals surface area contributed by atoms with Crippen LogP contribution in [0.5, 0.6) is 11.8 Å². The summed E-state index contributed by atoms with van der Waals surface area (Å²) in [5.41, 5.74) is 5.21. The topological polar surface area (TPSA) is 85.3 Å². The van der Waals surface area contributed by atoms with Gasteiger partial charge in [-0.15, -0.1) is 5.10 Å². The number of nitrogens with zero attached hydrogens (tertiary/aromatic N) is 5. The van der Waals surface area contributed by atoms with Crippen LogP contribution in [0, 0.1) is 0 Å². The molecule has 32 heavy (non-hydrogen) atoms. The number of rotatable bonds is 4. The molecule has 2 aromatic heterocycles. The van der Waals surface area contributed by atoms with Gasteiger partial charge >= 0.3 is 0 Å². The van der Waals surface area contributed by atoms with Gasteiger partial charge in [0, 0.05) is 42.5 Å². The molecule has 0 radical (unpaired) electrons. The maximum atomic E-state index is 6.05. The Morgan fingerprint density at radius 2 is 2.00 bits per heavy atom. The minimum atomic E-state index is 0.0977. The summed E-state index contributed by atoms with van der Waals surface area (Å²) in [6.07, 6.45) is 4.70. The Hall–Kier alpha value is -3.26. The van der Waals surface area contributed by atoms with E-state index in [0.717, 1.165) is 53.3 Å². The normalized spacial score (nSPS) is 17.5. The third-order valence-corrected chi connectivity index (χ3v) is 5.78. The number of hydrogen-bond donors (Lipinski definition) is 1. The molecule has 8 heteroatoms. The van der Waals surface area contributed by atoms with Crippen LogP contribution in [0.25, 0.3) is 22.3 Å². The first-order valence-corrected chi connectivity index (χ1v) is 10.9. The molecule has 2 aliphatic heterocycles. The molecule has 0 unspecified atom stereocenters. The second-order valence-electron chi connectivity index (χ2n) is 9.36. The molecule has 0 spiro atoms. The van der Waals surface area contributed by atoms with E-state index in [1.54, 1.807) is 13.3 Å². The van der Waals surface area contributed by atoms with Gasteiger partial charge in [-0.05, 0) is 49.9 Å². The lowest BCUT2D eigenvalue weighted by Gasteiger charge is -2.26. The molecule has 5 rings (SSSR count). The first-order valence-electron chi connectivity index (χ1n) is 10.9. The van der Waals surface area contributed by atoms with E-state index in [2.05, 4.69) is 64.4 Å².